The van der Waals surface area contributed by atoms with Crippen LogP contribution >= 0.6 is 11.6 Å². The summed E-state index contributed by atoms with van der Waals surface area (Å²) >= 11 is 6.32. The number of ether oxygens (including phenoxy) is 1. The van der Waals surface area contributed by atoms with Crippen molar-refractivity contribution in [3.8, 4) is 11.8 Å². The molecule has 0 atom stereocenters. The van der Waals surface area contributed by atoms with Crippen LogP contribution in [0.25, 0.3) is 6.08 Å². The van der Waals surface area contributed by atoms with Gasteiger partial charge in [-0.3, -0.25) is 4.79 Å². The normalized spacial score (nSPS) is 10.9. The number of aryl methyl sites for hydroxylation is 2. The van der Waals surface area contributed by atoms with Crippen molar-refractivity contribution >= 4 is 35.2 Å². The molecule has 6 nitrogen and oxygen atoms in total. The summed E-state index contributed by atoms with van der Waals surface area (Å²) in [5.41, 5.74) is 4.13. The zero-order chi connectivity index (χ0) is 24.0. The number of carboxylic acid groups (broad SMARTS) is 1. The lowest BCUT2D eigenvalue weighted by atomic mass is 10.1. The first-order chi connectivity index (χ1) is 15.8. The number of aromatic carboxylic acids is 1. The second-order valence-electron chi connectivity index (χ2n) is 7.42. The van der Waals surface area contributed by atoms with E-state index in [1.54, 1.807) is 36.4 Å². The van der Waals surface area contributed by atoms with Gasteiger partial charge in [0.25, 0.3) is 5.91 Å². The topological polar surface area (TPSA) is 99.4 Å². The number of nitrogens with zero attached hydrogens (tertiary/aromatic N) is 1. The SMILES string of the molecule is Cc1ccc(NC(=O)/C(C#N)=C/c2ccc(OCc3ccc(C(=O)O)cc3)c(Cl)c2)c(C)c1. The smallest absolute Gasteiger partial charge is 0.335 e. The van der Waals surface area contributed by atoms with Crippen LogP contribution in [-0.4, -0.2) is 17.0 Å². The fourth-order valence-corrected chi connectivity index (χ4v) is 3.33. The van der Waals surface area contributed by atoms with Crippen LogP contribution in [0.2, 0.25) is 5.02 Å². The molecule has 3 aromatic carbocycles. The molecule has 0 heterocycles. The molecule has 0 aliphatic rings. The van der Waals surface area contributed by atoms with E-state index < -0.39 is 11.9 Å². The number of nitrogens with one attached hydrogen (secondary N) is 1. The van der Waals surface area contributed by atoms with Crippen molar-refractivity contribution in [3.63, 3.8) is 0 Å². The van der Waals surface area contributed by atoms with Gasteiger partial charge in [-0.1, -0.05) is 47.5 Å². The minimum absolute atomic E-state index is 0.0572. The average molecular weight is 461 g/mol. The highest BCUT2D eigenvalue weighted by molar-refractivity contribution is 6.32. The maximum absolute atomic E-state index is 12.6. The summed E-state index contributed by atoms with van der Waals surface area (Å²) in [6.07, 6.45) is 1.46. The summed E-state index contributed by atoms with van der Waals surface area (Å²) in [5.74, 6) is -1.08. The van der Waals surface area contributed by atoms with Crippen LogP contribution in [0.3, 0.4) is 0 Å². The molecule has 0 fully saturated rings. The van der Waals surface area contributed by atoms with Crippen LogP contribution in [0.1, 0.15) is 32.6 Å². The standard InChI is InChI=1S/C26H21ClN2O4/c1-16-3-9-23(17(2)11-16)29-25(30)21(14-28)12-19-6-10-24(22(27)13-19)33-15-18-4-7-20(8-5-18)26(31)32/h3-13H,15H2,1-2H3,(H,29,30)(H,31,32)/b21-12+. The van der Waals surface area contributed by atoms with E-state index in [2.05, 4.69) is 5.32 Å². The zero-order valence-electron chi connectivity index (χ0n) is 18.1. The number of hydrogen-bond acceptors (Lipinski definition) is 4. The molecule has 0 aliphatic heterocycles. The highest BCUT2D eigenvalue weighted by Crippen LogP contribution is 2.27. The first kappa shape index (κ1) is 23.6. The van der Waals surface area contributed by atoms with Gasteiger partial charge in [0.15, 0.2) is 0 Å². The molecular weight excluding hydrogens is 440 g/mol. The number of nitriles is 1. The Morgan fingerprint density at radius 1 is 1.09 bits per heavy atom. The predicted octanol–water partition coefficient (Wildman–Crippen LogP) is 5.78. The van der Waals surface area contributed by atoms with E-state index >= 15 is 0 Å². The van der Waals surface area contributed by atoms with Crippen LogP contribution in [-0.2, 0) is 11.4 Å². The van der Waals surface area contributed by atoms with Gasteiger partial charge in [0.2, 0.25) is 0 Å². The molecule has 3 aromatic rings. The summed E-state index contributed by atoms with van der Waals surface area (Å²) < 4.78 is 5.71. The third kappa shape index (κ3) is 6.22. The van der Waals surface area contributed by atoms with E-state index in [0.29, 0.717) is 22.0 Å². The van der Waals surface area contributed by atoms with Crippen molar-refractivity contribution in [3.05, 3.63) is 99.1 Å². The van der Waals surface area contributed by atoms with Gasteiger partial charge in [-0.05, 0) is 66.9 Å². The summed E-state index contributed by atoms with van der Waals surface area (Å²) in [6, 6.07) is 18.9. The highest BCUT2D eigenvalue weighted by Gasteiger charge is 2.12. The average Bonchev–Trinajstić information content (AvgIpc) is 2.79. The van der Waals surface area contributed by atoms with E-state index in [0.717, 1.165) is 16.7 Å². The Bertz CT molecular complexity index is 1270. The van der Waals surface area contributed by atoms with E-state index in [1.807, 2.05) is 32.0 Å². The summed E-state index contributed by atoms with van der Waals surface area (Å²) in [7, 11) is 0. The van der Waals surface area contributed by atoms with Gasteiger partial charge in [0.05, 0.1) is 10.6 Å². The number of rotatable bonds is 7. The molecule has 166 valence electrons. The van der Waals surface area contributed by atoms with Gasteiger partial charge in [0.1, 0.15) is 24.0 Å². The van der Waals surface area contributed by atoms with Crippen LogP contribution in [0.15, 0.2) is 66.2 Å². The van der Waals surface area contributed by atoms with E-state index in [9.17, 15) is 14.9 Å². The van der Waals surface area contributed by atoms with Gasteiger partial charge in [-0.15, -0.1) is 0 Å². The highest BCUT2D eigenvalue weighted by atomic mass is 35.5. The van der Waals surface area contributed by atoms with Gasteiger partial charge in [0, 0.05) is 5.69 Å². The molecule has 0 unspecified atom stereocenters. The van der Waals surface area contributed by atoms with Gasteiger partial charge in [-0.25, -0.2) is 4.79 Å². The van der Waals surface area contributed by atoms with Gasteiger partial charge in [-0.2, -0.15) is 5.26 Å². The number of hydrogen-bond donors (Lipinski definition) is 2. The largest absolute Gasteiger partial charge is 0.487 e. The molecule has 2 N–H and O–H groups in total. The van der Waals surface area contributed by atoms with E-state index in [1.165, 1.54) is 18.2 Å². The fourth-order valence-electron chi connectivity index (χ4n) is 3.09. The quantitative estimate of drug-likeness (QED) is 0.344. The van der Waals surface area contributed by atoms with Gasteiger partial charge >= 0.3 is 5.97 Å². The molecule has 3 rings (SSSR count). The Hall–Kier alpha value is -4.08. The summed E-state index contributed by atoms with van der Waals surface area (Å²) in [6.45, 7) is 4.05. The van der Waals surface area contributed by atoms with Crippen LogP contribution < -0.4 is 10.1 Å². The minimum Gasteiger partial charge on any atom is -0.487 e. The number of anilines is 1. The predicted molar refractivity (Wildman–Crippen MR) is 127 cm³/mol. The van der Waals surface area contributed by atoms with Crippen LogP contribution in [0.4, 0.5) is 5.69 Å². The molecule has 0 saturated heterocycles. The van der Waals surface area contributed by atoms with Crippen LogP contribution in [0, 0.1) is 25.2 Å². The number of benzene rings is 3. The Balaban J connectivity index is 1.69. The Kier molecular flexibility index (Phi) is 7.50. The maximum atomic E-state index is 12.6. The molecule has 0 bridgehead atoms. The minimum atomic E-state index is -0.992. The molecule has 0 radical (unpaired) electrons. The second-order valence-corrected chi connectivity index (χ2v) is 7.83. The Morgan fingerprint density at radius 3 is 2.42 bits per heavy atom. The number of carboxylic acids is 1. The van der Waals surface area contributed by atoms with Crippen molar-refractivity contribution in [1.82, 2.24) is 0 Å². The Labute approximate surface area is 196 Å². The third-order valence-electron chi connectivity index (χ3n) is 4.86. The number of carbonyl (C=O) groups is 2. The van der Waals surface area contributed by atoms with Crippen molar-refractivity contribution in [2.45, 2.75) is 20.5 Å². The van der Waals surface area contributed by atoms with Crippen molar-refractivity contribution < 1.29 is 19.4 Å². The van der Waals surface area contributed by atoms with Crippen molar-refractivity contribution in [1.29, 1.82) is 5.26 Å². The second kappa shape index (κ2) is 10.5. The molecule has 0 spiro atoms. The number of halogens is 1. The number of carbonyl (C=O) groups excluding carboxylic acids is 1. The molecule has 0 aromatic heterocycles. The van der Waals surface area contributed by atoms with Gasteiger partial charge < -0.3 is 15.2 Å². The van der Waals surface area contributed by atoms with E-state index in [-0.39, 0.29) is 17.7 Å². The van der Waals surface area contributed by atoms with Crippen molar-refractivity contribution in [2.75, 3.05) is 5.32 Å². The summed E-state index contributed by atoms with van der Waals surface area (Å²) in [5, 5.41) is 21.5. The molecule has 33 heavy (non-hydrogen) atoms. The summed E-state index contributed by atoms with van der Waals surface area (Å²) in [4.78, 5) is 23.5. The van der Waals surface area contributed by atoms with Crippen LogP contribution in [0.5, 0.6) is 5.75 Å². The first-order valence-electron chi connectivity index (χ1n) is 10.0. The molecule has 0 saturated carbocycles. The fraction of sp³-hybridized carbons (Fsp3) is 0.115. The van der Waals surface area contributed by atoms with Crippen molar-refractivity contribution in [2.24, 2.45) is 0 Å². The number of amides is 1. The lowest BCUT2D eigenvalue weighted by Crippen LogP contribution is -2.14. The Morgan fingerprint density at radius 2 is 1.82 bits per heavy atom. The zero-order valence-corrected chi connectivity index (χ0v) is 18.8. The molecule has 7 heteroatoms. The molecule has 1 amide bonds. The molecule has 0 aliphatic carbocycles. The monoisotopic (exact) mass is 460 g/mol. The lowest BCUT2D eigenvalue weighted by molar-refractivity contribution is -0.112. The van der Waals surface area contributed by atoms with E-state index in [4.69, 9.17) is 21.4 Å². The third-order valence-corrected chi connectivity index (χ3v) is 5.15. The first-order valence-corrected chi connectivity index (χ1v) is 10.4. The lowest BCUT2D eigenvalue weighted by Gasteiger charge is -2.10. The molecular formula is C26H21ClN2O4. The maximum Gasteiger partial charge on any atom is 0.335 e.